The third kappa shape index (κ3) is 3.63. The normalized spacial score (nSPS) is 16.8. The van der Waals surface area contributed by atoms with Gasteiger partial charge in [-0.3, -0.25) is 4.18 Å². The van der Waals surface area contributed by atoms with Crippen molar-refractivity contribution >= 4 is 45.9 Å². The van der Waals surface area contributed by atoms with E-state index in [-0.39, 0.29) is 0 Å². The average Bonchev–Trinajstić information content (AvgIpc) is 2.93. The van der Waals surface area contributed by atoms with Crippen LogP contribution in [0.2, 0.25) is 0 Å². The van der Waals surface area contributed by atoms with E-state index >= 15 is 0 Å². The minimum Gasteiger partial charge on any atom is -0.285 e. The molecule has 0 fully saturated rings. The summed E-state index contributed by atoms with van der Waals surface area (Å²) in [6.45, 7) is 0.433. The van der Waals surface area contributed by atoms with E-state index < -0.39 is 11.1 Å². The first-order valence-corrected chi connectivity index (χ1v) is 11.1. The second-order valence-electron chi connectivity index (χ2n) is 5.17. The molecule has 1 aliphatic heterocycles. The zero-order valence-corrected chi connectivity index (χ0v) is 15.9. The lowest BCUT2D eigenvalue weighted by molar-refractivity contribution is 0.325. The number of benzene rings is 2. The fraction of sp³-hybridized carbons (Fsp3) is 0.111. The Morgan fingerprint density at radius 1 is 0.833 bits per heavy atom. The Morgan fingerprint density at radius 3 is 1.96 bits per heavy atom. The molecular weight excluding hydrogens is 376 g/mol. The molecule has 3 aromatic rings. The molecular formula is C18H14O2S4. The molecule has 4 rings (SSSR count). The van der Waals surface area contributed by atoms with Crippen LogP contribution in [0.5, 0.6) is 0 Å². The summed E-state index contributed by atoms with van der Waals surface area (Å²) in [6, 6.07) is 20.7. The summed E-state index contributed by atoms with van der Waals surface area (Å²) in [7, 11) is 0. The van der Waals surface area contributed by atoms with Crippen molar-refractivity contribution in [3.05, 3.63) is 71.8 Å². The Kier molecular flexibility index (Phi) is 5.10. The lowest BCUT2D eigenvalue weighted by atomic mass is 10.2. The molecule has 0 radical (unpaired) electrons. The van der Waals surface area contributed by atoms with Crippen molar-refractivity contribution in [2.45, 2.75) is 30.6 Å². The van der Waals surface area contributed by atoms with E-state index in [1.807, 2.05) is 36.4 Å². The highest BCUT2D eigenvalue weighted by Gasteiger charge is 2.26. The van der Waals surface area contributed by atoms with Gasteiger partial charge in [-0.2, -0.15) is 0 Å². The predicted octanol–water partition coefficient (Wildman–Crippen LogP) is 5.74. The SMILES string of the molecule is O=S1Cc2c(Sc3ccccc3)sc(Sc3ccccc3)c2CO1. The Bertz CT molecular complexity index is 859. The zero-order chi connectivity index (χ0) is 16.4. The van der Waals surface area contributed by atoms with Crippen LogP contribution >= 0.6 is 34.9 Å². The summed E-state index contributed by atoms with van der Waals surface area (Å²) in [5.74, 6) is 0.482. The molecule has 1 aromatic heterocycles. The summed E-state index contributed by atoms with van der Waals surface area (Å²) in [5.41, 5.74) is 2.39. The van der Waals surface area contributed by atoms with Crippen LogP contribution < -0.4 is 0 Å². The van der Waals surface area contributed by atoms with Gasteiger partial charge in [-0.1, -0.05) is 59.9 Å². The number of fused-ring (bicyclic) bond motifs is 1. The summed E-state index contributed by atoms with van der Waals surface area (Å²) in [4.78, 5) is 2.42. The van der Waals surface area contributed by atoms with Gasteiger partial charge >= 0.3 is 0 Å². The zero-order valence-electron chi connectivity index (χ0n) is 12.6. The number of hydrogen-bond donors (Lipinski definition) is 0. The maximum absolute atomic E-state index is 11.9. The molecule has 0 bridgehead atoms. The summed E-state index contributed by atoms with van der Waals surface area (Å²) in [5, 5.41) is 0. The molecule has 2 nitrogen and oxygen atoms in total. The van der Waals surface area contributed by atoms with Gasteiger partial charge in [0, 0.05) is 15.4 Å². The van der Waals surface area contributed by atoms with Crippen LogP contribution in [-0.4, -0.2) is 4.21 Å². The molecule has 0 amide bonds. The van der Waals surface area contributed by atoms with Crippen LogP contribution in [-0.2, 0) is 27.6 Å². The van der Waals surface area contributed by atoms with Gasteiger partial charge in [-0.25, -0.2) is 4.21 Å². The van der Waals surface area contributed by atoms with Gasteiger partial charge in [0.15, 0.2) is 11.1 Å². The van der Waals surface area contributed by atoms with Gasteiger partial charge < -0.3 is 0 Å². The van der Waals surface area contributed by atoms with Gasteiger partial charge in [-0.15, -0.1) is 11.3 Å². The Morgan fingerprint density at radius 2 is 1.38 bits per heavy atom. The second-order valence-corrected chi connectivity index (χ2v) is 10.0. The van der Waals surface area contributed by atoms with Gasteiger partial charge in [0.2, 0.25) is 0 Å². The smallest absolute Gasteiger partial charge is 0.160 e. The number of rotatable bonds is 4. The van der Waals surface area contributed by atoms with Crippen LogP contribution in [0.3, 0.4) is 0 Å². The lowest BCUT2D eigenvalue weighted by Gasteiger charge is -2.14. The second kappa shape index (κ2) is 7.45. The van der Waals surface area contributed by atoms with E-state index in [0.717, 1.165) is 0 Å². The number of hydrogen-bond acceptors (Lipinski definition) is 5. The Balaban J connectivity index is 1.70. The highest BCUT2D eigenvalue weighted by Crippen LogP contribution is 2.47. The van der Waals surface area contributed by atoms with Crippen molar-refractivity contribution < 1.29 is 8.39 Å². The molecule has 0 N–H and O–H groups in total. The molecule has 0 spiro atoms. The third-order valence-electron chi connectivity index (χ3n) is 3.55. The Hall–Kier alpha value is -1.05. The van der Waals surface area contributed by atoms with Crippen LogP contribution in [0.15, 0.2) is 78.9 Å². The molecule has 24 heavy (non-hydrogen) atoms. The van der Waals surface area contributed by atoms with Crippen LogP contribution in [0.4, 0.5) is 0 Å². The molecule has 0 saturated carbocycles. The van der Waals surface area contributed by atoms with Crippen molar-refractivity contribution in [2.75, 3.05) is 0 Å². The van der Waals surface area contributed by atoms with Crippen molar-refractivity contribution in [3.63, 3.8) is 0 Å². The van der Waals surface area contributed by atoms with Crippen LogP contribution in [0, 0.1) is 0 Å². The molecule has 122 valence electrons. The summed E-state index contributed by atoms with van der Waals surface area (Å²) in [6.07, 6.45) is 0. The summed E-state index contributed by atoms with van der Waals surface area (Å²) < 4.78 is 19.7. The van der Waals surface area contributed by atoms with Gasteiger partial charge in [0.1, 0.15) is 0 Å². The molecule has 1 aliphatic rings. The van der Waals surface area contributed by atoms with E-state index in [0.29, 0.717) is 12.4 Å². The van der Waals surface area contributed by atoms with Crippen molar-refractivity contribution in [1.29, 1.82) is 0 Å². The molecule has 2 heterocycles. The monoisotopic (exact) mass is 390 g/mol. The minimum atomic E-state index is -1.22. The maximum Gasteiger partial charge on any atom is 0.160 e. The first kappa shape index (κ1) is 16.4. The Labute approximate surface area is 156 Å². The van der Waals surface area contributed by atoms with Crippen molar-refractivity contribution in [1.82, 2.24) is 0 Å². The third-order valence-corrected chi connectivity index (χ3v) is 8.19. The van der Waals surface area contributed by atoms with Crippen LogP contribution in [0.25, 0.3) is 0 Å². The van der Waals surface area contributed by atoms with Crippen LogP contribution in [0.1, 0.15) is 11.1 Å². The largest absolute Gasteiger partial charge is 0.285 e. The van der Waals surface area contributed by atoms with E-state index in [2.05, 4.69) is 24.3 Å². The highest BCUT2D eigenvalue weighted by molar-refractivity contribution is 8.03. The topological polar surface area (TPSA) is 26.3 Å². The minimum absolute atomic E-state index is 0.433. The lowest BCUT2D eigenvalue weighted by Crippen LogP contribution is -2.10. The molecule has 1 unspecified atom stereocenters. The van der Waals surface area contributed by atoms with E-state index in [1.54, 1.807) is 34.9 Å². The molecule has 1 atom stereocenters. The standard InChI is InChI=1S/C18H14O2S4/c19-24-12-16-15(11-20-24)17(21-13-7-3-1-4-8-13)23-18(16)22-14-9-5-2-6-10-14/h1-10H,11-12H2. The first-order chi connectivity index (χ1) is 11.8. The van der Waals surface area contributed by atoms with Gasteiger partial charge in [0.05, 0.1) is 20.8 Å². The molecule has 6 heteroatoms. The van der Waals surface area contributed by atoms with Gasteiger partial charge in [0.25, 0.3) is 0 Å². The first-order valence-electron chi connectivity index (χ1n) is 7.41. The highest BCUT2D eigenvalue weighted by atomic mass is 32.2. The fourth-order valence-corrected chi connectivity index (χ4v) is 7.46. The van der Waals surface area contributed by atoms with Gasteiger partial charge in [-0.05, 0) is 29.8 Å². The van der Waals surface area contributed by atoms with Crippen molar-refractivity contribution in [3.8, 4) is 0 Å². The fourth-order valence-electron chi connectivity index (χ4n) is 2.39. The summed E-state index contributed by atoms with van der Waals surface area (Å²) >= 11 is 4.07. The quantitative estimate of drug-likeness (QED) is 0.567. The van der Waals surface area contributed by atoms with E-state index in [9.17, 15) is 4.21 Å². The van der Waals surface area contributed by atoms with Crippen molar-refractivity contribution in [2.24, 2.45) is 0 Å². The average molecular weight is 391 g/mol. The molecule has 2 aromatic carbocycles. The predicted molar refractivity (Wildman–Crippen MR) is 102 cm³/mol. The van der Waals surface area contributed by atoms with E-state index in [1.165, 1.54) is 29.3 Å². The number of thiophene rings is 1. The molecule has 0 saturated heterocycles. The molecule has 0 aliphatic carbocycles. The van der Waals surface area contributed by atoms with E-state index in [4.69, 9.17) is 4.18 Å². The maximum atomic E-state index is 11.9.